The molecule has 264 valence electrons. The summed E-state index contributed by atoms with van der Waals surface area (Å²) in [5.74, 6) is -3.80. The highest BCUT2D eigenvalue weighted by Crippen LogP contribution is 2.32. The molecule has 1 heterocycles. The van der Waals surface area contributed by atoms with Crippen LogP contribution in [0, 0.1) is 0 Å². The van der Waals surface area contributed by atoms with E-state index < -0.39 is 73.3 Å². The third-order valence-electron chi connectivity index (χ3n) is 7.79. The van der Waals surface area contributed by atoms with Crippen molar-refractivity contribution in [2.75, 3.05) is 13.7 Å². The molecular weight excluding hydrogens is 660 g/mol. The Labute approximate surface area is 294 Å². The molecule has 0 radical (unpaired) electrons. The zero-order valence-corrected chi connectivity index (χ0v) is 27.8. The maximum absolute atomic E-state index is 13.7. The molecule has 12 heteroatoms. The van der Waals surface area contributed by atoms with Crippen LogP contribution in [0.3, 0.4) is 0 Å². The van der Waals surface area contributed by atoms with Crippen molar-refractivity contribution in [1.82, 2.24) is 0 Å². The van der Waals surface area contributed by atoms with Crippen molar-refractivity contribution < 1.29 is 57.1 Å². The minimum absolute atomic E-state index is 0.147. The van der Waals surface area contributed by atoms with Crippen LogP contribution < -0.4 is 0 Å². The molecule has 12 nitrogen and oxygen atoms in total. The van der Waals surface area contributed by atoms with Crippen LogP contribution in [-0.4, -0.2) is 80.4 Å². The molecule has 0 N–H and O–H groups in total. The predicted octanol–water partition coefficient (Wildman–Crippen LogP) is 5.21. The largest absolute Gasteiger partial charge is 0.469 e. The first-order valence-corrected chi connectivity index (χ1v) is 16.1. The number of esters is 5. The Hall–Kier alpha value is -5.85. The van der Waals surface area contributed by atoms with Crippen molar-refractivity contribution in [3.63, 3.8) is 0 Å². The SMILES string of the molecule is COC(=O)C[C@H](C)O[C@@H]1O[C@H](COC(=O)c2ccccc2)[C@@H](OC(=O)c2ccccc2)[C@H](OC(=O)c2ccccc2)[C@H]1OC(=O)c1ccccc1. The van der Waals surface area contributed by atoms with E-state index in [0.29, 0.717) is 0 Å². The molecule has 4 aromatic rings. The van der Waals surface area contributed by atoms with Crippen molar-refractivity contribution in [3.05, 3.63) is 144 Å². The van der Waals surface area contributed by atoms with Crippen molar-refractivity contribution in [3.8, 4) is 0 Å². The second kappa shape index (κ2) is 17.7. The number of methoxy groups -OCH3 is 1. The summed E-state index contributed by atoms with van der Waals surface area (Å²) < 4.78 is 40.7. The van der Waals surface area contributed by atoms with E-state index in [9.17, 15) is 24.0 Å². The molecule has 0 aliphatic carbocycles. The van der Waals surface area contributed by atoms with E-state index in [0.717, 1.165) is 0 Å². The number of carbonyl (C=O) groups is 5. The fourth-order valence-electron chi connectivity index (χ4n) is 5.23. The smallest absolute Gasteiger partial charge is 0.338 e. The first-order valence-electron chi connectivity index (χ1n) is 16.1. The minimum Gasteiger partial charge on any atom is -0.469 e. The van der Waals surface area contributed by atoms with Crippen LogP contribution in [0.1, 0.15) is 54.8 Å². The summed E-state index contributed by atoms with van der Waals surface area (Å²) in [5.41, 5.74) is 0.707. The highest BCUT2D eigenvalue weighted by Gasteiger charge is 2.54. The van der Waals surface area contributed by atoms with Gasteiger partial charge in [0, 0.05) is 0 Å². The normalized spacial score (nSPS) is 20.2. The Balaban J connectivity index is 1.56. The van der Waals surface area contributed by atoms with Crippen LogP contribution in [0.25, 0.3) is 0 Å². The molecule has 51 heavy (non-hydrogen) atoms. The minimum atomic E-state index is -1.58. The predicted molar refractivity (Wildman–Crippen MR) is 180 cm³/mol. The second-order valence-electron chi connectivity index (χ2n) is 11.4. The van der Waals surface area contributed by atoms with E-state index in [1.165, 1.54) is 43.5 Å². The monoisotopic (exact) mass is 696 g/mol. The van der Waals surface area contributed by atoms with Crippen molar-refractivity contribution in [2.45, 2.75) is 50.2 Å². The highest BCUT2D eigenvalue weighted by atomic mass is 16.7. The molecule has 5 rings (SSSR count). The van der Waals surface area contributed by atoms with E-state index in [4.69, 9.17) is 33.2 Å². The Bertz CT molecular complexity index is 1770. The molecule has 0 unspecified atom stereocenters. The Morgan fingerprint density at radius 1 is 0.569 bits per heavy atom. The third kappa shape index (κ3) is 9.87. The van der Waals surface area contributed by atoms with Gasteiger partial charge in [-0.05, 0) is 55.5 Å². The number of carbonyl (C=O) groups excluding carboxylic acids is 5. The first kappa shape index (κ1) is 36.4. The highest BCUT2D eigenvalue weighted by molar-refractivity contribution is 5.91. The molecule has 0 bridgehead atoms. The van der Waals surface area contributed by atoms with Crippen LogP contribution in [0.2, 0.25) is 0 Å². The van der Waals surface area contributed by atoms with E-state index in [1.54, 1.807) is 91.9 Å². The van der Waals surface area contributed by atoms with Gasteiger partial charge in [-0.15, -0.1) is 0 Å². The Morgan fingerprint density at radius 3 is 1.39 bits per heavy atom. The number of benzene rings is 4. The fraction of sp³-hybridized carbons (Fsp3) is 0.256. The summed E-state index contributed by atoms with van der Waals surface area (Å²) >= 11 is 0. The second-order valence-corrected chi connectivity index (χ2v) is 11.4. The molecule has 0 spiro atoms. The summed E-state index contributed by atoms with van der Waals surface area (Å²) in [6, 6.07) is 32.2. The Kier molecular flexibility index (Phi) is 12.6. The number of hydrogen-bond donors (Lipinski definition) is 0. The third-order valence-corrected chi connectivity index (χ3v) is 7.79. The van der Waals surface area contributed by atoms with Gasteiger partial charge in [-0.3, -0.25) is 4.79 Å². The number of ether oxygens (including phenoxy) is 7. The molecule has 4 aromatic carbocycles. The van der Waals surface area contributed by atoms with Crippen LogP contribution in [0.15, 0.2) is 121 Å². The molecule has 1 saturated heterocycles. The van der Waals surface area contributed by atoms with Gasteiger partial charge in [0.2, 0.25) is 0 Å². The van der Waals surface area contributed by atoms with Gasteiger partial charge in [0.25, 0.3) is 0 Å². The quantitative estimate of drug-likeness (QED) is 0.133. The maximum Gasteiger partial charge on any atom is 0.338 e. The van der Waals surface area contributed by atoms with Crippen molar-refractivity contribution in [1.29, 1.82) is 0 Å². The van der Waals surface area contributed by atoms with Gasteiger partial charge in [0.05, 0.1) is 41.9 Å². The van der Waals surface area contributed by atoms with Gasteiger partial charge < -0.3 is 33.2 Å². The number of rotatable bonds is 13. The first-order chi connectivity index (χ1) is 24.7. The summed E-state index contributed by atoms with van der Waals surface area (Å²) in [5, 5.41) is 0. The molecule has 1 aliphatic rings. The van der Waals surface area contributed by atoms with E-state index in [2.05, 4.69) is 0 Å². The van der Waals surface area contributed by atoms with E-state index in [1.807, 2.05) is 0 Å². The topological polar surface area (TPSA) is 150 Å². The van der Waals surface area contributed by atoms with Crippen molar-refractivity contribution in [2.24, 2.45) is 0 Å². The molecule has 0 aromatic heterocycles. The average molecular weight is 697 g/mol. The van der Waals surface area contributed by atoms with Gasteiger partial charge in [-0.2, -0.15) is 0 Å². The number of hydrogen-bond acceptors (Lipinski definition) is 12. The summed E-state index contributed by atoms with van der Waals surface area (Å²) in [7, 11) is 1.22. The molecule has 0 amide bonds. The van der Waals surface area contributed by atoms with Crippen LogP contribution in [-0.2, 0) is 38.0 Å². The zero-order chi connectivity index (χ0) is 36.2. The van der Waals surface area contributed by atoms with Crippen LogP contribution in [0.5, 0.6) is 0 Å². The summed E-state index contributed by atoms with van der Waals surface area (Å²) in [4.78, 5) is 66.0. The summed E-state index contributed by atoms with van der Waals surface area (Å²) in [6.07, 6.45) is -8.62. The maximum atomic E-state index is 13.7. The van der Waals surface area contributed by atoms with Crippen molar-refractivity contribution >= 4 is 29.8 Å². The lowest BCUT2D eigenvalue weighted by atomic mass is 9.97. The van der Waals surface area contributed by atoms with E-state index >= 15 is 0 Å². The molecule has 1 aliphatic heterocycles. The van der Waals surface area contributed by atoms with Gasteiger partial charge in [-0.1, -0.05) is 72.8 Å². The van der Waals surface area contributed by atoms with Gasteiger partial charge in [0.15, 0.2) is 24.6 Å². The zero-order valence-electron chi connectivity index (χ0n) is 27.8. The fourth-order valence-corrected chi connectivity index (χ4v) is 5.23. The lowest BCUT2D eigenvalue weighted by Gasteiger charge is -2.44. The molecule has 1 fully saturated rings. The summed E-state index contributed by atoms with van der Waals surface area (Å²) in [6.45, 7) is 1.05. The van der Waals surface area contributed by atoms with Gasteiger partial charge in [-0.25, -0.2) is 19.2 Å². The van der Waals surface area contributed by atoms with Gasteiger partial charge in [0.1, 0.15) is 12.7 Å². The average Bonchev–Trinajstić information content (AvgIpc) is 3.17. The van der Waals surface area contributed by atoms with Crippen LogP contribution >= 0.6 is 0 Å². The molecule has 0 saturated carbocycles. The van der Waals surface area contributed by atoms with Gasteiger partial charge >= 0.3 is 29.8 Å². The standard InChI is InChI=1S/C39H36O12/c1-25(23-31(40)45-2)47-39-34(51-38(44)29-21-13-6-14-22-29)33(50-37(43)28-19-11-5-12-20-28)32(49-36(42)27-17-9-4-10-18-27)30(48-39)24-46-35(41)26-15-7-3-8-16-26/h3-22,25,30,32-34,39H,23-24H2,1-2H3/t25-,30+,32+,33-,34+,39+/m0/s1. The lowest BCUT2D eigenvalue weighted by Crippen LogP contribution is -2.63. The van der Waals surface area contributed by atoms with E-state index in [-0.39, 0.29) is 28.7 Å². The molecule has 6 atom stereocenters. The Morgan fingerprint density at radius 2 is 0.961 bits per heavy atom. The lowest BCUT2D eigenvalue weighted by molar-refractivity contribution is -0.307. The van der Waals surface area contributed by atoms with Crippen LogP contribution in [0.4, 0.5) is 0 Å². The molecular formula is C39H36O12.